The summed E-state index contributed by atoms with van der Waals surface area (Å²) in [7, 11) is 0. The number of carbonyl (C=O) groups is 2. The molecular formula is C17H12ClN3O2. The summed E-state index contributed by atoms with van der Waals surface area (Å²) in [6.45, 7) is 0. The summed E-state index contributed by atoms with van der Waals surface area (Å²) < 4.78 is 1.76. The number of anilines is 1. The van der Waals surface area contributed by atoms with Gasteiger partial charge in [-0.1, -0.05) is 29.8 Å². The first kappa shape index (κ1) is 14.0. The van der Waals surface area contributed by atoms with Crippen LogP contribution in [0.3, 0.4) is 0 Å². The monoisotopic (exact) mass is 325 g/mol. The Bertz CT molecular complexity index is 934. The molecule has 1 fully saturated rings. The van der Waals surface area contributed by atoms with Crippen molar-refractivity contribution in [2.75, 3.05) is 4.90 Å². The highest BCUT2D eigenvalue weighted by Crippen LogP contribution is 2.32. The van der Waals surface area contributed by atoms with Crippen LogP contribution in [0.1, 0.15) is 12.5 Å². The number of imide groups is 1. The summed E-state index contributed by atoms with van der Waals surface area (Å²) in [6.07, 6.45) is 1.73. The molecule has 6 heteroatoms. The molecule has 0 spiro atoms. The standard InChI is InChI=1S/C17H12ClN3O2/c18-11-4-3-5-12(8-11)21-16(22)9-15(17(21)23)20-10-19-13-6-1-2-7-14(13)20/h1-8,10,15H,9H2/t15-/m1/s1. The average molecular weight is 326 g/mol. The fraction of sp³-hybridized carbons (Fsp3) is 0.118. The highest BCUT2D eigenvalue weighted by atomic mass is 35.5. The van der Waals surface area contributed by atoms with Crippen LogP contribution in [0, 0.1) is 0 Å². The van der Waals surface area contributed by atoms with Gasteiger partial charge >= 0.3 is 0 Å². The Morgan fingerprint density at radius 3 is 2.74 bits per heavy atom. The van der Waals surface area contributed by atoms with Crippen molar-refractivity contribution in [3.8, 4) is 0 Å². The van der Waals surface area contributed by atoms with Gasteiger partial charge in [0.2, 0.25) is 5.91 Å². The molecule has 0 bridgehead atoms. The lowest BCUT2D eigenvalue weighted by atomic mass is 10.2. The van der Waals surface area contributed by atoms with Crippen molar-refractivity contribution in [1.82, 2.24) is 9.55 Å². The first-order valence-corrected chi connectivity index (χ1v) is 7.57. The van der Waals surface area contributed by atoms with Gasteiger partial charge in [-0.25, -0.2) is 9.88 Å². The van der Waals surface area contributed by atoms with Crippen molar-refractivity contribution in [2.45, 2.75) is 12.5 Å². The fourth-order valence-electron chi connectivity index (χ4n) is 2.95. The highest BCUT2D eigenvalue weighted by molar-refractivity contribution is 6.31. The lowest BCUT2D eigenvalue weighted by molar-refractivity contribution is -0.122. The number of imidazole rings is 1. The van der Waals surface area contributed by atoms with Gasteiger partial charge in [0.25, 0.3) is 5.91 Å². The van der Waals surface area contributed by atoms with Crippen LogP contribution in [0.25, 0.3) is 11.0 Å². The number of amides is 2. The van der Waals surface area contributed by atoms with Crippen LogP contribution in [0.15, 0.2) is 54.9 Å². The van der Waals surface area contributed by atoms with Crippen LogP contribution in [0.5, 0.6) is 0 Å². The molecule has 0 aliphatic carbocycles. The summed E-state index contributed by atoms with van der Waals surface area (Å²) in [5, 5.41) is 0.486. The van der Waals surface area contributed by atoms with Gasteiger partial charge in [-0.15, -0.1) is 0 Å². The molecule has 0 unspecified atom stereocenters. The number of hydrogen-bond donors (Lipinski definition) is 0. The second kappa shape index (κ2) is 5.21. The van der Waals surface area contributed by atoms with Crippen molar-refractivity contribution in [1.29, 1.82) is 0 Å². The summed E-state index contributed by atoms with van der Waals surface area (Å²) in [4.78, 5) is 30.6. The predicted molar refractivity (Wildman–Crippen MR) is 87.3 cm³/mol. The first-order chi connectivity index (χ1) is 11.1. The maximum atomic E-state index is 12.8. The minimum Gasteiger partial charge on any atom is -0.317 e. The number of carbonyl (C=O) groups excluding carboxylic acids is 2. The lowest BCUT2D eigenvalue weighted by Gasteiger charge is -2.16. The van der Waals surface area contributed by atoms with Crippen molar-refractivity contribution in [2.24, 2.45) is 0 Å². The molecule has 1 atom stereocenters. The van der Waals surface area contributed by atoms with Gasteiger partial charge in [0, 0.05) is 5.02 Å². The molecule has 2 aromatic carbocycles. The van der Waals surface area contributed by atoms with Gasteiger partial charge in [0.05, 0.1) is 29.5 Å². The molecule has 2 amide bonds. The number of hydrogen-bond acceptors (Lipinski definition) is 3. The Balaban J connectivity index is 1.75. The van der Waals surface area contributed by atoms with E-state index in [4.69, 9.17) is 11.6 Å². The maximum absolute atomic E-state index is 12.8. The molecular weight excluding hydrogens is 314 g/mol. The second-order valence-electron chi connectivity index (χ2n) is 5.41. The van der Waals surface area contributed by atoms with Gasteiger partial charge in [0.15, 0.2) is 0 Å². The molecule has 0 N–H and O–H groups in total. The third kappa shape index (κ3) is 2.21. The van der Waals surface area contributed by atoms with Gasteiger partial charge < -0.3 is 4.57 Å². The van der Waals surface area contributed by atoms with E-state index in [0.717, 1.165) is 11.0 Å². The highest BCUT2D eigenvalue weighted by Gasteiger charge is 2.41. The number of halogens is 1. The molecule has 1 aliphatic heterocycles. The van der Waals surface area contributed by atoms with E-state index < -0.39 is 6.04 Å². The van der Waals surface area contributed by atoms with Crippen molar-refractivity contribution < 1.29 is 9.59 Å². The van der Waals surface area contributed by atoms with E-state index in [1.165, 1.54) is 4.90 Å². The zero-order valence-corrected chi connectivity index (χ0v) is 12.8. The minimum absolute atomic E-state index is 0.117. The van der Waals surface area contributed by atoms with Crippen LogP contribution >= 0.6 is 11.6 Å². The molecule has 114 valence electrons. The number of fused-ring (bicyclic) bond motifs is 1. The average Bonchev–Trinajstić information content (AvgIpc) is 3.08. The molecule has 5 nitrogen and oxygen atoms in total. The normalized spacial score (nSPS) is 18.1. The third-order valence-corrected chi connectivity index (χ3v) is 4.24. The molecule has 1 aliphatic rings. The number of aromatic nitrogens is 2. The number of para-hydroxylation sites is 2. The number of benzene rings is 2. The van der Waals surface area contributed by atoms with Crippen LogP contribution < -0.4 is 4.90 Å². The molecule has 4 rings (SSSR count). The smallest absolute Gasteiger partial charge is 0.257 e. The Kier molecular flexibility index (Phi) is 3.16. The Hall–Kier alpha value is -2.66. The second-order valence-corrected chi connectivity index (χ2v) is 5.84. The molecule has 23 heavy (non-hydrogen) atoms. The summed E-state index contributed by atoms with van der Waals surface area (Å²) in [5.74, 6) is -0.500. The molecule has 1 aromatic heterocycles. The fourth-order valence-corrected chi connectivity index (χ4v) is 3.13. The van der Waals surface area contributed by atoms with E-state index in [2.05, 4.69) is 4.98 Å². The van der Waals surface area contributed by atoms with Crippen LogP contribution in [-0.4, -0.2) is 21.4 Å². The predicted octanol–water partition coefficient (Wildman–Crippen LogP) is 3.19. The number of nitrogens with zero attached hydrogens (tertiary/aromatic N) is 3. The molecule has 0 saturated carbocycles. The van der Waals surface area contributed by atoms with Crippen molar-refractivity contribution in [3.63, 3.8) is 0 Å². The molecule has 0 radical (unpaired) electrons. The van der Waals surface area contributed by atoms with Crippen molar-refractivity contribution in [3.05, 3.63) is 59.9 Å². The lowest BCUT2D eigenvalue weighted by Crippen LogP contribution is -2.31. The molecule has 3 aromatic rings. The quantitative estimate of drug-likeness (QED) is 0.680. The summed E-state index contributed by atoms with van der Waals surface area (Å²) in [6, 6.07) is 13.7. The van der Waals surface area contributed by atoms with E-state index in [9.17, 15) is 9.59 Å². The molecule has 2 heterocycles. The van der Waals surface area contributed by atoms with E-state index >= 15 is 0 Å². The maximum Gasteiger partial charge on any atom is 0.257 e. The molecule has 1 saturated heterocycles. The zero-order chi connectivity index (χ0) is 16.0. The van der Waals surface area contributed by atoms with E-state index in [-0.39, 0.29) is 18.2 Å². The van der Waals surface area contributed by atoms with Crippen LogP contribution in [0.2, 0.25) is 5.02 Å². The van der Waals surface area contributed by atoms with Gasteiger partial charge in [-0.05, 0) is 30.3 Å². The van der Waals surface area contributed by atoms with E-state index in [1.807, 2.05) is 24.3 Å². The Morgan fingerprint density at radius 1 is 1.09 bits per heavy atom. The van der Waals surface area contributed by atoms with E-state index in [0.29, 0.717) is 10.7 Å². The third-order valence-electron chi connectivity index (χ3n) is 4.01. The van der Waals surface area contributed by atoms with Gasteiger partial charge in [-0.3, -0.25) is 9.59 Å². The zero-order valence-electron chi connectivity index (χ0n) is 12.0. The summed E-state index contributed by atoms with van der Waals surface area (Å²) in [5.41, 5.74) is 2.14. The topological polar surface area (TPSA) is 55.2 Å². The Labute approximate surface area is 137 Å². The van der Waals surface area contributed by atoms with Gasteiger partial charge in [0.1, 0.15) is 6.04 Å². The minimum atomic E-state index is -0.575. The van der Waals surface area contributed by atoms with Gasteiger partial charge in [-0.2, -0.15) is 0 Å². The first-order valence-electron chi connectivity index (χ1n) is 7.19. The SMILES string of the molecule is O=C1C[C@@H](n2cnc3ccccc32)C(=O)N1c1cccc(Cl)c1. The summed E-state index contributed by atoms with van der Waals surface area (Å²) >= 11 is 5.97. The van der Waals surface area contributed by atoms with Crippen molar-refractivity contribution >= 4 is 40.1 Å². The van der Waals surface area contributed by atoms with E-state index in [1.54, 1.807) is 35.2 Å². The Morgan fingerprint density at radius 2 is 1.91 bits per heavy atom. The largest absolute Gasteiger partial charge is 0.317 e. The number of rotatable bonds is 2. The van der Waals surface area contributed by atoms with Crippen LogP contribution in [-0.2, 0) is 9.59 Å². The van der Waals surface area contributed by atoms with Crippen LogP contribution in [0.4, 0.5) is 5.69 Å².